The minimum Gasteiger partial charge on any atom is -0.504 e. The molecule has 1 aromatic rings. The zero-order chi connectivity index (χ0) is 16.1. The Hall–Kier alpha value is -1.71. The second kappa shape index (κ2) is 4.90. The van der Waals surface area contributed by atoms with Gasteiger partial charge in [0.1, 0.15) is 6.10 Å². The van der Waals surface area contributed by atoms with E-state index in [1.165, 1.54) is 25.7 Å². The molecule has 2 aliphatic carbocycles. The second-order valence-corrected chi connectivity index (χ2v) is 7.39. The molecule has 0 aromatic heterocycles. The van der Waals surface area contributed by atoms with E-state index in [0.29, 0.717) is 11.5 Å². The molecule has 4 heteroatoms. The highest BCUT2D eigenvalue weighted by molar-refractivity contribution is 5.90. The van der Waals surface area contributed by atoms with Crippen molar-refractivity contribution in [1.29, 1.82) is 0 Å². The Bertz CT molecular complexity index is 607. The zero-order valence-corrected chi connectivity index (χ0v) is 13.7. The molecule has 3 rings (SSSR count). The zero-order valence-electron chi connectivity index (χ0n) is 13.7. The van der Waals surface area contributed by atoms with E-state index in [1.54, 1.807) is 6.07 Å². The van der Waals surface area contributed by atoms with Gasteiger partial charge in [-0.05, 0) is 48.8 Å². The molecule has 4 nitrogen and oxygen atoms in total. The number of aromatic hydroxyl groups is 1. The van der Waals surface area contributed by atoms with Crippen molar-refractivity contribution in [3.8, 4) is 11.5 Å². The molecule has 3 atom stereocenters. The minimum atomic E-state index is -0.340. The molecule has 120 valence electrons. The number of fused-ring (bicyclic) bond motifs is 2. The molecular formula is C18H24O4. The lowest BCUT2D eigenvalue weighted by Gasteiger charge is -2.38. The summed E-state index contributed by atoms with van der Waals surface area (Å²) < 4.78 is 10.9. The van der Waals surface area contributed by atoms with Crippen LogP contribution in [0.2, 0.25) is 0 Å². The fourth-order valence-electron chi connectivity index (χ4n) is 4.31. The van der Waals surface area contributed by atoms with Crippen LogP contribution in [0.15, 0.2) is 18.2 Å². The van der Waals surface area contributed by atoms with Crippen LogP contribution >= 0.6 is 0 Å². The average molecular weight is 304 g/mol. The van der Waals surface area contributed by atoms with Gasteiger partial charge in [0, 0.05) is 5.41 Å². The van der Waals surface area contributed by atoms with E-state index in [0.717, 1.165) is 12.8 Å². The summed E-state index contributed by atoms with van der Waals surface area (Å²) in [6.07, 6.45) is 3.25. The SMILES string of the molecule is COc1cc(C(=O)O[C@@H]2C[C@@H]3CC[C@]2(C)C3(C)C)ccc1O. The van der Waals surface area contributed by atoms with Crippen molar-refractivity contribution in [2.45, 2.75) is 46.1 Å². The minimum absolute atomic E-state index is 0.0204. The fourth-order valence-corrected chi connectivity index (χ4v) is 4.31. The molecule has 22 heavy (non-hydrogen) atoms. The van der Waals surface area contributed by atoms with Crippen molar-refractivity contribution >= 4 is 5.97 Å². The van der Waals surface area contributed by atoms with Gasteiger partial charge < -0.3 is 14.6 Å². The van der Waals surface area contributed by atoms with Crippen LogP contribution in [-0.2, 0) is 4.74 Å². The first-order valence-corrected chi connectivity index (χ1v) is 7.87. The summed E-state index contributed by atoms with van der Waals surface area (Å²) in [5.74, 6) is 0.596. The van der Waals surface area contributed by atoms with Gasteiger partial charge in [-0.1, -0.05) is 20.8 Å². The number of methoxy groups -OCH3 is 1. The van der Waals surface area contributed by atoms with Crippen molar-refractivity contribution < 1.29 is 19.4 Å². The molecule has 2 saturated carbocycles. The number of esters is 1. The van der Waals surface area contributed by atoms with E-state index in [1.807, 2.05) is 0 Å². The number of ether oxygens (including phenoxy) is 2. The van der Waals surface area contributed by atoms with E-state index in [4.69, 9.17) is 9.47 Å². The number of hydrogen-bond acceptors (Lipinski definition) is 4. The number of phenols is 1. The molecule has 0 unspecified atom stereocenters. The third kappa shape index (κ3) is 2.00. The summed E-state index contributed by atoms with van der Waals surface area (Å²) in [6, 6.07) is 4.56. The van der Waals surface area contributed by atoms with Crippen LogP contribution in [0.4, 0.5) is 0 Å². The van der Waals surface area contributed by atoms with Gasteiger partial charge in [-0.2, -0.15) is 0 Å². The largest absolute Gasteiger partial charge is 0.504 e. The van der Waals surface area contributed by atoms with Crippen molar-refractivity contribution in [3.05, 3.63) is 23.8 Å². The highest BCUT2D eigenvalue weighted by atomic mass is 16.5. The predicted molar refractivity (Wildman–Crippen MR) is 83.1 cm³/mol. The Kier molecular flexibility index (Phi) is 3.38. The van der Waals surface area contributed by atoms with Crippen LogP contribution in [0.1, 0.15) is 50.4 Å². The third-order valence-electron chi connectivity index (χ3n) is 6.38. The maximum atomic E-state index is 12.5. The number of carbonyl (C=O) groups excluding carboxylic acids is 1. The number of hydrogen-bond donors (Lipinski definition) is 1. The predicted octanol–water partition coefficient (Wildman–Crippen LogP) is 3.77. The molecule has 2 fully saturated rings. The van der Waals surface area contributed by atoms with Gasteiger partial charge in [0.25, 0.3) is 0 Å². The van der Waals surface area contributed by atoms with Crippen molar-refractivity contribution in [2.24, 2.45) is 16.7 Å². The van der Waals surface area contributed by atoms with Crippen LogP contribution in [0.5, 0.6) is 11.5 Å². The maximum absolute atomic E-state index is 12.5. The standard InChI is InChI=1S/C18H24O4/c1-17(2)12-7-8-18(17,3)15(10-12)22-16(20)11-5-6-13(19)14(9-11)21-4/h5-6,9,12,15,19H,7-8,10H2,1-4H3/t12-,15+,18-/m0/s1. The second-order valence-electron chi connectivity index (χ2n) is 7.39. The molecular weight excluding hydrogens is 280 g/mol. The first kappa shape index (κ1) is 15.2. The number of carbonyl (C=O) groups is 1. The van der Waals surface area contributed by atoms with E-state index in [-0.39, 0.29) is 34.4 Å². The molecule has 0 spiro atoms. The molecule has 2 aliphatic rings. The smallest absolute Gasteiger partial charge is 0.338 e. The Morgan fingerprint density at radius 1 is 1.32 bits per heavy atom. The normalized spacial score (nSPS) is 32.0. The van der Waals surface area contributed by atoms with Gasteiger partial charge in [0.05, 0.1) is 12.7 Å². The van der Waals surface area contributed by atoms with Crippen molar-refractivity contribution in [3.63, 3.8) is 0 Å². The van der Waals surface area contributed by atoms with Crippen LogP contribution in [0, 0.1) is 16.7 Å². The summed E-state index contributed by atoms with van der Waals surface area (Å²) in [6.45, 7) is 6.83. The lowest BCUT2D eigenvalue weighted by molar-refractivity contribution is -0.0242. The van der Waals surface area contributed by atoms with Gasteiger partial charge in [0.15, 0.2) is 11.5 Å². The highest BCUT2D eigenvalue weighted by Gasteiger charge is 2.62. The Morgan fingerprint density at radius 3 is 2.59 bits per heavy atom. The topological polar surface area (TPSA) is 55.8 Å². The molecule has 1 aromatic carbocycles. The molecule has 0 saturated heterocycles. The summed E-state index contributed by atoms with van der Waals surface area (Å²) in [7, 11) is 1.46. The van der Waals surface area contributed by atoms with Gasteiger partial charge in [0.2, 0.25) is 0 Å². The monoisotopic (exact) mass is 304 g/mol. The molecule has 0 amide bonds. The summed E-state index contributed by atoms with van der Waals surface area (Å²) >= 11 is 0. The van der Waals surface area contributed by atoms with E-state index in [9.17, 15) is 9.90 Å². The van der Waals surface area contributed by atoms with Crippen LogP contribution in [-0.4, -0.2) is 24.3 Å². The quantitative estimate of drug-likeness (QED) is 0.864. The maximum Gasteiger partial charge on any atom is 0.338 e. The number of rotatable bonds is 3. The molecule has 0 aliphatic heterocycles. The lowest BCUT2D eigenvalue weighted by Crippen LogP contribution is -2.38. The van der Waals surface area contributed by atoms with Crippen LogP contribution < -0.4 is 4.74 Å². The highest BCUT2D eigenvalue weighted by Crippen LogP contribution is 2.66. The first-order chi connectivity index (χ1) is 10.3. The van der Waals surface area contributed by atoms with E-state index in [2.05, 4.69) is 20.8 Å². The van der Waals surface area contributed by atoms with Gasteiger partial charge in [-0.15, -0.1) is 0 Å². The summed E-state index contributed by atoms with van der Waals surface area (Å²) in [5.41, 5.74) is 0.678. The molecule has 0 heterocycles. The third-order valence-corrected chi connectivity index (χ3v) is 6.38. The molecule has 1 N–H and O–H groups in total. The fraction of sp³-hybridized carbons (Fsp3) is 0.611. The number of benzene rings is 1. The summed E-state index contributed by atoms with van der Waals surface area (Å²) in [5, 5.41) is 9.62. The lowest BCUT2D eigenvalue weighted by atomic mass is 9.70. The van der Waals surface area contributed by atoms with Crippen LogP contribution in [0.3, 0.4) is 0 Å². The van der Waals surface area contributed by atoms with Crippen molar-refractivity contribution in [1.82, 2.24) is 0 Å². The van der Waals surface area contributed by atoms with Crippen LogP contribution in [0.25, 0.3) is 0 Å². The van der Waals surface area contributed by atoms with Crippen molar-refractivity contribution in [2.75, 3.05) is 7.11 Å². The molecule has 0 radical (unpaired) electrons. The first-order valence-electron chi connectivity index (χ1n) is 7.87. The average Bonchev–Trinajstić information content (AvgIpc) is 2.81. The van der Waals surface area contributed by atoms with Gasteiger partial charge >= 0.3 is 5.97 Å². The Labute approximate surface area is 131 Å². The number of phenolic OH excluding ortho intramolecular Hbond substituents is 1. The Balaban J connectivity index is 1.79. The van der Waals surface area contributed by atoms with E-state index >= 15 is 0 Å². The summed E-state index contributed by atoms with van der Waals surface area (Å²) in [4.78, 5) is 12.5. The van der Waals surface area contributed by atoms with E-state index < -0.39 is 0 Å². The Morgan fingerprint density at radius 2 is 2.05 bits per heavy atom. The molecule has 2 bridgehead atoms. The van der Waals surface area contributed by atoms with Gasteiger partial charge in [-0.25, -0.2) is 4.79 Å². The van der Waals surface area contributed by atoms with Gasteiger partial charge in [-0.3, -0.25) is 0 Å².